The van der Waals surface area contributed by atoms with Crippen LogP contribution in [-0.4, -0.2) is 41.0 Å². The Kier molecular flexibility index (Phi) is 40.0. The molecule has 0 aliphatic rings. The number of hydrogen-bond donors (Lipinski definition) is 2. The summed E-state index contributed by atoms with van der Waals surface area (Å²) in [6.45, 7) is 3.73. The summed E-state index contributed by atoms with van der Waals surface area (Å²) in [5.41, 5.74) is 0. The zero-order chi connectivity index (χ0) is 38.9. The van der Waals surface area contributed by atoms with Crippen molar-refractivity contribution in [3.63, 3.8) is 0 Å². The standard InChI is InChI=1S/C44H87O8P/c1-3-5-7-9-11-13-15-17-19-20-21-22-23-25-27-29-31-33-35-37-39-44(46)52-42(41-51-53(47,48)49)40-50-43(45)38-36-34-32-30-28-26-24-18-16-14-12-10-8-6-4-2/h42H,3-41H2,1-2H3,(H2,47,48,49). The monoisotopic (exact) mass is 775 g/mol. The van der Waals surface area contributed by atoms with Gasteiger partial charge < -0.3 is 19.3 Å². The molecule has 8 nitrogen and oxygen atoms in total. The fourth-order valence-corrected chi connectivity index (χ4v) is 7.32. The maximum Gasteiger partial charge on any atom is 0.469 e. The van der Waals surface area contributed by atoms with E-state index in [-0.39, 0.29) is 19.4 Å². The third kappa shape index (κ3) is 43.6. The number of esters is 2. The Bertz CT molecular complexity index is 832. The number of phosphoric ester groups is 1. The SMILES string of the molecule is CCCCCCCCCCCCCCCCCCCCCCC(=O)OC(COC(=O)CCCCCCCCCCCCCCCCC)COP(=O)(O)O. The summed E-state index contributed by atoms with van der Waals surface area (Å²) in [6, 6.07) is 0. The van der Waals surface area contributed by atoms with E-state index in [1.165, 1.54) is 186 Å². The maximum atomic E-state index is 12.4. The minimum Gasteiger partial charge on any atom is -0.462 e. The van der Waals surface area contributed by atoms with Crippen LogP contribution in [0, 0.1) is 0 Å². The summed E-state index contributed by atoms with van der Waals surface area (Å²) >= 11 is 0. The molecule has 2 N–H and O–H groups in total. The number of ether oxygens (including phenoxy) is 2. The van der Waals surface area contributed by atoms with E-state index in [0.717, 1.165) is 32.1 Å². The molecule has 0 aliphatic heterocycles. The summed E-state index contributed by atoms with van der Waals surface area (Å²) in [7, 11) is -4.75. The third-order valence-corrected chi connectivity index (χ3v) is 10.9. The Labute approximate surface area is 327 Å². The molecule has 9 heteroatoms. The molecule has 0 rings (SSSR count). The lowest BCUT2D eigenvalue weighted by Gasteiger charge is -2.18. The van der Waals surface area contributed by atoms with Crippen molar-refractivity contribution in [2.45, 2.75) is 258 Å². The van der Waals surface area contributed by atoms with Crippen molar-refractivity contribution in [2.75, 3.05) is 13.2 Å². The van der Waals surface area contributed by atoms with E-state index in [2.05, 4.69) is 18.4 Å². The molecule has 0 heterocycles. The Balaban J connectivity index is 3.81. The normalized spacial score (nSPS) is 12.3. The molecular weight excluding hydrogens is 687 g/mol. The first kappa shape index (κ1) is 52.0. The number of hydrogen-bond acceptors (Lipinski definition) is 6. The molecule has 0 radical (unpaired) electrons. The molecule has 0 fully saturated rings. The summed E-state index contributed by atoms with van der Waals surface area (Å²) in [6.07, 6.45) is 44.0. The second-order valence-electron chi connectivity index (χ2n) is 15.7. The molecule has 0 aromatic rings. The zero-order valence-corrected chi connectivity index (χ0v) is 35.8. The summed E-state index contributed by atoms with van der Waals surface area (Å²) in [5, 5.41) is 0. The van der Waals surface area contributed by atoms with Crippen molar-refractivity contribution in [1.29, 1.82) is 0 Å². The Hall–Kier alpha value is -0.950. The van der Waals surface area contributed by atoms with Crippen LogP contribution in [0.4, 0.5) is 0 Å². The van der Waals surface area contributed by atoms with Gasteiger partial charge in [0.25, 0.3) is 0 Å². The van der Waals surface area contributed by atoms with Gasteiger partial charge in [-0.05, 0) is 12.8 Å². The van der Waals surface area contributed by atoms with Gasteiger partial charge in [-0.15, -0.1) is 0 Å². The predicted molar refractivity (Wildman–Crippen MR) is 221 cm³/mol. The topological polar surface area (TPSA) is 119 Å². The lowest BCUT2D eigenvalue weighted by molar-refractivity contribution is -0.161. The first-order valence-electron chi connectivity index (χ1n) is 22.8. The quantitative estimate of drug-likeness (QED) is 0.0357. The minimum atomic E-state index is -4.75. The van der Waals surface area contributed by atoms with E-state index in [1.54, 1.807) is 0 Å². The van der Waals surface area contributed by atoms with Crippen LogP contribution >= 0.6 is 7.82 Å². The van der Waals surface area contributed by atoms with Gasteiger partial charge in [0.1, 0.15) is 6.61 Å². The third-order valence-electron chi connectivity index (χ3n) is 10.4. The van der Waals surface area contributed by atoms with Crippen LogP contribution in [-0.2, 0) is 28.2 Å². The van der Waals surface area contributed by atoms with E-state index >= 15 is 0 Å². The predicted octanol–water partition coefficient (Wildman–Crippen LogP) is 14.0. The molecular formula is C44H87O8P. The second kappa shape index (κ2) is 40.7. The number of phosphoric acid groups is 1. The molecule has 0 aromatic carbocycles. The highest BCUT2D eigenvalue weighted by Crippen LogP contribution is 2.36. The average molecular weight is 775 g/mol. The van der Waals surface area contributed by atoms with Gasteiger partial charge in [-0.3, -0.25) is 14.1 Å². The fourth-order valence-electron chi connectivity index (χ4n) is 6.96. The van der Waals surface area contributed by atoms with Crippen LogP contribution in [0.25, 0.3) is 0 Å². The summed E-state index contributed by atoms with van der Waals surface area (Å²) in [5.74, 6) is -0.865. The van der Waals surface area contributed by atoms with Crippen LogP contribution in [0.3, 0.4) is 0 Å². The van der Waals surface area contributed by atoms with Gasteiger partial charge in [0.2, 0.25) is 0 Å². The van der Waals surface area contributed by atoms with Crippen molar-refractivity contribution in [3.05, 3.63) is 0 Å². The lowest BCUT2D eigenvalue weighted by atomic mass is 10.0. The van der Waals surface area contributed by atoms with Crippen molar-refractivity contribution < 1.29 is 37.9 Å². The molecule has 0 aliphatic carbocycles. The van der Waals surface area contributed by atoms with Crippen molar-refractivity contribution >= 4 is 19.8 Å². The lowest BCUT2D eigenvalue weighted by Crippen LogP contribution is -2.29. The highest BCUT2D eigenvalue weighted by atomic mass is 31.2. The Morgan fingerprint density at radius 2 is 0.679 bits per heavy atom. The largest absolute Gasteiger partial charge is 0.469 e. The molecule has 1 atom stereocenters. The van der Waals surface area contributed by atoms with Crippen molar-refractivity contribution in [2.24, 2.45) is 0 Å². The highest BCUT2D eigenvalue weighted by Gasteiger charge is 2.23. The van der Waals surface area contributed by atoms with Crippen LogP contribution in [0.15, 0.2) is 0 Å². The smallest absolute Gasteiger partial charge is 0.462 e. The van der Waals surface area contributed by atoms with Crippen LogP contribution < -0.4 is 0 Å². The van der Waals surface area contributed by atoms with Crippen molar-refractivity contribution in [3.8, 4) is 0 Å². The van der Waals surface area contributed by atoms with Crippen molar-refractivity contribution in [1.82, 2.24) is 0 Å². The van der Waals surface area contributed by atoms with Crippen LogP contribution in [0.5, 0.6) is 0 Å². The fraction of sp³-hybridized carbons (Fsp3) is 0.955. The van der Waals surface area contributed by atoms with Gasteiger partial charge in [0.15, 0.2) is 6.10 Å². The zero-order valence-electron chi connectivity index (χ0n) is 34.9. The first-order chi connectivity index (χ1) is 25.8. The van der Waals surface area contributed by atoms with Gasteiger partial charge in [-0.1, -0.05) is 226 Å². The van der Waals surface area contributed by atoms with E-state index in [1.807, 2.05) is 0 Å². The van der Waals surface area contributed by atoms with Crippen LogP contribution in [0.2, 0.25) is 0 Å². The Morgan fingerprint density at radius 1 is 0.415 bits per heavy atom. The van der Waals surface area contributed by atoms with E-state index in [9.17, 15) is 14.2 Å². The highest BCUT2D eigenvalue weighted by molar-refractivity contribution is 7.46. The summed E-state index contributed by atoms with van der Waals surface area (Å²) < 4.78 is 26.5. The van der Waals surface area contributed by atoms with Gasteiger partial charge in [0, 0.05) is 12.8 Å². The van der Waals surface area contributed by atoms with Gasteiger partial charge in [0.05, 0.1) is 6.61 Å². The molecule has 0 spiro atoms. The molecule has 0 saturated heterocycles. The van der Waals surface area contributed by atoms with Crippen LogP contribution in [0.1, 0.15) is 251 Å². The number of carbonyl (C=O) groups excluding carboxylic acids is 2. The maximum absolute atomic E-state index is 12.4. The molecule has 1 unspecified atom stereocenters. The number of unbranched alkanes of at least 4 members (excludes halogenated alkanes) is 33. The molecule has 0 aromatic heterocycles. The number of rotatable bonds is 43. The molecule has 53 heavy (non-hydrogen) atoms. The van der Waals surface area contributed by atoms with E-state index < -0.39 is 32.5 Å². The molecule has 316 valence electrons. The molecule has 0 amide bonds. The first-order valence-corrected chi connectivity index (χ1v) is 24.4. The molecule has 0 bridgehead atoms. The van der Waals surface area contributed by atoms with Gasteiger partial charge in [-0.2, -0.15) is 0 Å². The second-order valence-corrected chi connectivity index (χ2v) is 17.0. The minimum absolute atomic E-state index is 0.221. The average Bonchev–Trinajstić information content (AvgIpc) is 3.13. The Morgan fingerprint density at radius 3 is 0.962 bits per heavy atom. The number of carbonyl (C=O) groups is 2. The van der Waals surface area contributed by atoms with E-state index in [4.69, 9.17) is 19.3 Å². The van der Waals surface area contributed by atoms with E-state index in [0.29, 0.717) is 6.42 Å². The van der Waals surface area contributed by atoms with Gasteiger partial charge >= 0.3 is 19.8 Å². The molecule has 0 saturated carbocycles. The summed E-state index contributed by atoms with van der Waals surface area (Å²) in [4.78, 5) is 42.9. The van der Waals surface area contributed by atoms with Gasteiger partial charge in [-0.25, -0.2) is 4.57 Å².